The predicted octanol–water partition coefficient (Wildman–Crippen LogP) is 6.37. The zero-order chi connectivity index (χ0) is 21.7. The number of esters is 2. The molecule has 0 aliphatic heterocycles. The van der Waals surface area contributed by atoms with Crippen molar-refractivity contribution in [1.82, 2.24) is 0 Å². The Labute approximate surface area is 177 Å². The van der Waals surface area contributed by atoms with Crippen molar-refractivity contribution in [3.63, 3.8) is 0 Å². The van der Waals surface area contributed by atoms with Gasteiger partial charge in [-0.25, -0.2) is 9.59 Å². The van der Waals surface area contributed by atoms with Crippen LogP contribution in [0, 0.1) is 0 Å². The molecule has 0 saturated carbocycles. The molecule has 0 aliphatic carbocycles. The standard InChI is InChI=1S/C26H26O4/c1-17(2)21-7-5-9-23(15-21)29-25(27)19-11-13-20(14-12-19)26(28)30-24-10-6-8-22(16-24)18(3)4/h5-18H,1-4H3. The summed E-state index contributed by atoms with van der Waals surface area (Å²) in [5, 5.41) is 0. The number of benzene rings is 3. The Morgan fingerprint density at radius 1 is 0.600 bits per heavy atom. The van der Waals surface area contributed by atoms with Crippen LogP contribution in [0.5, 0.6) is 11.5 Å². The summed E-state index contributed by atoms with van der Waals surface area (Å²) in [6.45, 7) is 8.32. The van der Waals surface area contributed by atoms with Crippen molar-refractivity contribution in [1.29, 1.82) is 0 Å². The van der Waals surface area contributed by atoms with E-state index in [1.54, 1.807) is 36.4 Å². The van der Waals surface area contributed by atoms with Crippen LogP contribution in [0.2, 0.25) is 0 Å². The largest absolute Gasteiger partial charge is 0.423 e. The van der Waals surface area contributed by atoms with Crippen molar-refractivity contribution in [2.24, 2.45) is 0 Å². The first-order chi connectivity index (χ1) is 14.3. The monoisotopic (exact) mass is 402 g/mol. The molecule has 0 bridgehead atoms. The first kappa shape index (κ1) is 21.3. The van der Waals surface area contributed by atoms with E-state index in [1.807, 2.05) is 36.4 Å². The lowest BCUT2D eigenvalue weighted by atomic mass is 10.0. The van der Waals surface area contributed by atoms with E-state index in [0.29, 0.717) is 34.5 Å². The molecule has 0 aliphatic rings. The minimum absolute atomic E-state index is 0.343. The van der Waals surface area contributed by atoms with E-state index in [-0.39, 0.29) is 0 Å². The van der Waals surface area contributed by atoms with Gasteiger partial charge in [-0.2, -0.15) is 0 Å². The molecule has 154 valence electrons. The molecule has 0 unspecified atom stereocenters. The summed E-state index contributed by atoms with van der Waals surface area (Å²) in [6.07, 6.45) is 0. The minimum Gasteiger partial charge on any atom is -0.423 e. The maximum Gasteiger partial charge on any atom is 0.343 e. The van der Waals surface area contributed by atoms with Crippen LogP contribution in [0.25, 0.3) is 0 Å². The van der Waals surface area contributed by atoms with E-state index in [9.17, 15) is 9.59 Å². The highest BCUT2D eigenvalue weighted by atomic mass is 16.5. The van der Waals surface area contributed by atoms with Gasteiger partial charge in [-0.1, -0.05) is 52.0 Å². The number of ether oxygens (including phenoxy) is 2. The fourth-order valence-corrected chi connectivity index (χ4v) is 2.95. The van der Waals surface area contributed by atoms with Crippen LogP contribution in [-0.2, 0) is 0 Å². The molecule has 0 atom stereocenters. The normalized spacial score (nSPS) is 10.9. The smallest absolute Gasteiger partial charge is 0.343 e. The third-order valence-electron chi connectivity index (χ3n) is 4.83. The van der Waals surface area contributed by atoms with Gasteiger partial charge in [-0.15, -0.1) is 0 Å². The zero-order valence-electron chi connectivity index (χ0n) is 17.7. The number of carbonyl (C=O) groups is 2. The molecule has 3 aromatic rings. The summed E-state index contributed by atoms with van der Waals surface area (Å²) >= 11 is 0. The van der Waals surface area contributed by atoms with Crippen LogP contribution < -0.4 is 9.47 Å². The van der Waals surface area contributed by atoms with Crippen molar-refractivity contribution in [2.75, 3.05) is 0 Å². The van der Waals surface area contributed by atoms with Crippen LogP contribution in [0.1, 0.15) is 71.4 Å². The fourth-order valence-electron chi connectivity index (χ4n) is 2.95. The molecule has 0 fully saturated rings. The van der Waals surface area contributed by atoms with Crippen molar-refractivity contribution in [3.05, 3.63) is 95.1 Å². The lowest BCUT2D eigenvalue weighted by molar-refractivity contribution is 0.0720. The molecule has 0 saturated heterocycles. The summed E-state index contributed by atoms with van der Waals surface area (Å²) in [5.74, 6) is 0.741. The predicted molar refractivity (Wildman–Crippen MR) is 117 cm³/mol. The van der Waals surface area contributed by atoms with Gasteiger partial charge in [0.25, 0.3) is 0 Å². The molecule has 0 aromatic heterocycles. The van der Waals surface area contributed by atoms with Gasteiger partial charge < -0.3 is 9.47 Å². The van der Waals surface area contributed by atoms with E-state index in [0.717, 1.165) is 11.1 Å². The molecule has 0 heterocycles. The van der Waals surface area contributed by atoms with E-state index in [2.05, 4.69) is 27.7 Å². The average molecular weight is 402 g/mol. The van der Waals surface area contributed by atoms with Crippen LogP contribution >= 0.6 is 0 Å². The Balaban J connectivity index is 1.67. The Morgan fingerprint density at radius 2 is 0.967 bits per heavy atom. The lowest BCUT2D eigenvalue weighted by Gasteiger charge is -2.10. The first-order valence-corrected chi connectivity index (χ1v) is 10.1. The van der Waals surface area contributed by atoms with Crippen LogP contribution in [0.15, 0.2) is 72.8 Å². The summed E-state index contributed by atoms with van der Waals surface area (Å²) in [5.41, 5.74) is 2.92. The highest BCUT2D eigenvalue weighted by Crippen LogP contribution is 2.22. The van der Waals surface area contributed by atoms with Crippen LogP contribution in [0.3, 0.4) is 0 Å². The molecule has 0 spiro atoms. The van der Waals surface area contributed by atoms with Gasteiger partial charge in [0.1, 0.15) is 11.5 Å². The zero-order valence-corrected chi connectivity index (χ0v) is 17.7. The SMILES string of the molecule is CC(C)c1cccc(OC(=O)c2ccc(C(=O)Oc3cccc(C(C)C)c3)cc2)c1. The second-order valence-corrected chi connectivity index (χ2v) is 7.81. The van der Waals surface area contributed by atoms with Crippen molar-refractivity contribution < 1.29 is 19.1 Å². The molecule has 0 N–H and O–H groups in total. The van der Waals surface area contributed by atoms with Crippen LogP contribution in [-0.4, -0.2) is 11.9 Å². The van der Waals surface area contributed by atoms with E-state index < -0.39 is 11.9 Å². The fraction of sp³-hybridized carbons (Fsp3) is 0.231. The molecule has 4 nitrogen and oxygen atoms in total. The lowest BCUT2D eigenvalue weighted by Crippen LogP contribution is -2.11. The maximum absolute atomic E-state index is 12.4. The van der Waals surface area contributed by atoms with E-state index in [4.69, 9.17) is 9.47 Å². The maximum atomic E-state index is 12.4. The Hall–Kier alpha value is -3.40. The van der Waals surface area contributed by atoms with Gasteiger partial charge in [0.15, 0.2) is 0 Å². The number of hydrogen-bond acceptors (Lipinski definition) is 4. The summed E-state index contributed by atoms with van der Waals surface area (Å²) in [7, 11) is 0. The Kier molecular flexibility index (Phi) is 6.68. The topological polar surface area (TPSA) is 52.6 Å². The second-order valence-electron chi connectivity index (χ2n) is 7.81. The van der Waals surface area contributed by atoms with Gasteiger partial charge in [-0.3, -0.25) is 0 Å². The number of carbonyl (C=O) groups excluding carboxylic acids is 2. The molecule has 3 aromatic carbocycles. The quantitative estimate of drug-likeness (QED) is 0.355. The minimum atomic E-state index is -0.472. The average Bonchev–Trinajstić information content (AvgIpc) is 2.74. The van der Waals surface area contributed by atoms with Gasteiger partial charge >= 0.3 is 11.9 Å². The molecule has 0 radical (unpaired) electrons. The summed E-state index contributed by atoms with van der Waals surface area (Å²) < 4.78 is 10.9. The Bertz CT molecular complexity index is 948. The van der Waals surface area contributed by atoms with Crippen molar-refractivity contribution in [3.8, 4) is 11.5 Å². The molecule has 0 amide bonds. The number of hydrogen-bond donors (Lipinski definition) is 0. The highest BCUT2D eigenvalue weighted by molar-refractivity contribution is 5.94. The third kappa shape index (κ3) is 5.35. The summed E-state index contributed by atoms with van der Waals surface area (Å²) in [4.78, 5) is 24.9. The van der Waals surface area contributed by atoms with Crippen molar-refractivity contribution >= 4 is 11.9 Å². The van der Waals surface area contributed by atoms with Gasteiger partial charge in [-0.05, 0) is 71.5 Å². The molecule has 3 rings (SSSR count). The second kappa shape index (κ2) is 9.40. The van der Waals surface area contributed by atoms with Gasteiger partial charge in [0.2, 0.25) is 0 Å². The third-order valence-corrected chi connectivity index (χ3v) is 4.83. The van der Waals surface area contributed by atoms with E-state index >= 15 is 0 Å². The van der Waals surface area contributed by atoms with Crippen molar-refractivity contribution in [2.45, 2.75) is 39.5 Å². The first-order valence-electron chi connectivity index (χ1n) is 10.1. The molecular formula is C26H26O4. The molecule has 30 heavy (non-hydrogen) atoms. The van der Waals surface area contributed by atoms with Crippen LogP contribution in [0.4, 0.5) is 0 Å². The molecular weight excluding hydrogens is 376 g/mol. The Morgan fingerprint density at radius 3 is 1.30 bits per heavy atom. The number of rotatable bonds is 6. The van der Waals surface area contributed by atoms with Gasteiger partial charge in [0.05, 0.1) is 11.1 Å². The molecule has 4 heteroatoms. The highest BCUT2D eigenvalue weighted by Gasteiger charge is 2.13. The summed E-state index contributed by atoms with van der Waals surface area (Å²) in [6, 6.07) is 21.2. The van der Waals surface area contributed by atoms with Gasteiger partial charge in [0, 0.05) is 0 Å². The van der Waals surface area contributed by atoms with E-state index in [1.165, 1.54) is 0 Å².